The van der Waals surface area contributed by atoms with Gasteiger partial charge in [0.25, 0.3) is 0 Å². The lowest BCUT2D eigenvalue weighted by atomic mass is 10.1. The lowest BCUT2D eigenvalue weighted by molar-refractivity contribution is 0.777. The van der Waals surface area contributed by atoms with Crippen molar-refractivity contribution in [2.24, 2.45) is 0 Å². The van der Waals surface area contributed by atoms with Crippen LogP contribution in [-0.2, 0) is 12.8 Å². The number of hydrogen-bond acceptors (Lipinski definition) is 4. The van der Waals surface area contributed by atoms with Gasteiger partial charge < -0.3 is 5.32 Å². The van der Waals surface area contributed by atoms with E-state index in [1.54, 1.807) is 6.20 Å². The molecule has 0 radical (unpaired) electrons. The fraction of sp³-hybridized carbons (Fsp3) is 0.273. The third-order valence-electron chi connectivity index (χ3n) is 2.81. The summed E-state index contributed by atoms with van der Waals surface area (Å²) in [6.07, 6.45) is 3.83. The van der Waals surface area contributed by atoms with Gasteiger partial charge in [-0.1, -0.05) is 22.2 Å². The van der Waals surface area contributed by atoms with Crippen molar-refractivity contribution >= 4 is 28.1 Å². The van der Waals surface area contributed by atoms with Crippen molar-refractivity contribution < 1.29 is 0 Å². The van der Waals surface area contributed by atoms with E-state index in [4.69, 9.17) is 11.6 Å². The van der Waals surface area contributed by atoms with Crippen LogP contribution in [0.15, 0.2) is 24.4 Å². The van der Waals surface area contributed by atoms with E-state index in [-0.39, 0.29) is 0 Å². The molecule has 2 aromatic rings. The minimum absolute atomic E-state index is 0.440. The summed E-state index contributed by atoms with van der Waals surface area (Å²) >= 11 is 7.37. The van der Waals surface area contributed by atoms with Gasteiger partial charge in [-0.15, -0.1) is 5.10 Å². The number of nitrogens with zero attached hydrogens (tertiary/aromatic N) is 2. The lowest BCUT2D eigenvalue weighted by Gasteiger charge is -2.09. The van der Waals surface area contributed by atoms with Gasteiger partial charge in [0.1, 0.15) is 5.00 Å². The molecule has 0 saturated heterocycles. The van der Waals surface area contributed by atoms with Gasteiger partial charge in [0.15, 0.2) is 0 Å². The van der Waals surface area contributed by atoms with E-state index in [2.05, 4.69) is 27.0 Å². The lowest BCUT2D eigenvalue weighted by Crippen LogP contribution is -2.18. The summed E-state index contributed by atoms with van der Waals surface area (Å²) in [5.74, 6) is 0. The molecule has 82 valence electrons. The second-order valence-electron chi connectivity index (χ2n) is 3.94. The van der Waals surface area contributed by atoms with Crippen LogP contribution >= 0.6 is 23.1 Å². The number of rotatable bonds is 2. The first-order valence-corrected chi connectivity index (χ1v) is 6.27. The van der Waals surface area contributed by atoms with E-state index in [1.807, 2.05) is 6.07 Å². The fourth-order valence-corrected chi connectivity index (χ4v) is 2.81. The summed E-state index contributed by atoms with van der Waals surface area (Å²) in [5.41, 5.74) is 2.74. The van der Waals surface area contributed by atoms with Crippen LogP contribution in [0.4, 0.5) is 5.00 Å². The average molecular weight is 252 g/mol. The molecule has 0 fully saturated rings. The smallest absolute Gasteiger partial charge is 0.130 e. The van der Waals surface area contributed by atoms with Crippen LogP contribution in [0.2, 0.25) is 5.02 Å². The summed E-state index contributed by atoms with van der Waals surface area (Å²) in [6, 6.07) is 6.57. The van der Waals surface area contributed by atoms with E-state index in [0.29, 0.717) is 6.04 Å². The van der Waals surface area contributed by atoms with E-state index in [1.165, 1.54) is 22.7 Å². The predicted octanol–water partition coefficient (Wildman–Crippen LogP) is 2.77. The minimum Gasteiger partial charge on any atom is -0.371 e. The summed E-state index contributed by atoms with van der Waals surface area (Å²) in [7, 11) is 0. The molecule has 1 heterocycles. The molecule has 1 aromatic heterocycles. The minimum atomic E-state index is 0.440. The zero-order valence-electron chi connectivity index (χ0n) is 8.48. The number of fused-ring (bicyclic) bond motifs is 1. The Bertz CT molecular complexity index is 498. The predicted molar refractivity (Wildman–Crippen MR) is 66.2 cm³/mol. The zero-order chi connectivity index (χ0) is 11.0. The van der Waals surface area contributed by atoms with Gasteiger partial charge in [0.05, 0.1) is 6.20 Å². The molecular formula is C11H10ClN3S. The highest BCUT2D eigenvalue weighted by molar-refractivity contribution is 7.09. The molecule has 5 heteroatoms. The van der Waals surface area contributed by atoms with Crippen molar-refractivity contribution in [2.45, 2.75) is 18.9 Å². The first kappa shape index (κ1) is 10.1. The van der Waals surface area contributed by atoms with Crippen LogP contribution in [0.5, 0.6) is 0 Å². The normalized spacial score (nSPS) is 18.4. The first-order valence-electron chi connectivity index (χ1n) is 5.12. The number of halogens is 1. The molecule has 0 saturated carbocycles. The van der Waals surface area contributed by atoms with Crippen molar-refractivity contribution in [1.29, 1.82) is 0 Å². The van der Waals surface area contributed by atoms with E-state index >= 15 is 0 Å². The summed E-state index contributed by atoms with van der Waals surface area (Å²) in [4.78, 5) is 0. The van der Waals surface area contributed by atoms with Crippen molar-refractivity contribution in [3.05, 3.63) is 40.5 Å². The summed E-state index contributed by atoms with van der Waals surface area (Å²) < 4.78 is 3.84. The summed E-state index contributed by atoms with van der Waals surface area (Å²) in [6.45, 7) is 0. The van der Waals surface area contributed by atoms with Crippen LogP contribution in [0.3, 0.4) is 0 Å². The number of nitrogens with one attached hydrogen (secondary N) is 1. The van der Waals surface area contributed by atoms with Crippen molar-refractivity contribution in [1.82, 2.24) is 9.59 Å². The van der Waals surface area contributed by atoms with Gasteiger partial charge in [0, 0.05) is 22.6 Å². The molecule has 1 aliphatic carbocycles. The van der Waals surface area contributed by atoms with Gasteiger partial charge >= 0.3 is 0 Å². The molecule has 0 bridgehead atoms. The Morgan fingerprint density at radius 2 is 2.19 bits per heavy atom. The van der Waals surface area contributed by atoms with Crippen LogP contribution in [0.25, 0.3) is 0 Å². The van der Waals surface area contributed by atoms with E-state index in [9.17, 15) is 0 Å². The highest BCUT2D eigenvalue weighted by Gasteiger charge is 2.21. The molecule has 0 spiro atoms. The Hall–Kier alpha value is -1.13. The molecule has 1 aromatic carbocycles. The molecule has 0 aliphatic heterocycles. The molecule has 16 heavy (non-hydrogen) atoms. The second-order valence-corrected chi connectivity index (χ2v) is 5.17. The topological polar surface area (TPSA) is 37.8 Å². The molecule has 1 aliphatic rings. The quantitative estimate of drug-likeness (QED) is 0.892. The fourth-order valence-electron chi connectivity index (χ4n) is 2.12. The van der Waals surface area contributed by atoms with E-state index < -0.39 is 0 Å². The van der Waals surface area contributed by atoms with Gasteiger partial charge in [-0.3, -0.25) is 0 Å². The van der Waals surface area contributed by atoms with Crippen LogP contribution < -0.4 is 5.32 Å². The molecule has 3 rings (SSSR count). The third kappa shape index (κ3) is 1.90. The number of aromatic nitrogens is 2. The second kappa shape index (κ2) is 4.03. The van der Waals surface area contributed by atoms with Gasteiger partial charge in [0.2, 0.25) is 0 Å². The molecule has 1 N–H and O–H groups in total. The van der Waals surface area contributed by atoms with E-state index in [0.717, 1.165) is 22.9 Å². The Labute approximate surface area is 103 Å². The zero-order valence-corrected chi connectivity index (χ0v) is 10.1. The van der Waals surface area contributed by atoms with Gasteiger partial charge in [-0.05, 0) is 36.1 Å². The Balaban J connectivity index is 1.75. The molecular weight excluding hydrogens is 242 g/mol. The van der Waals surface area contributed by atoms with Gasteiger partial charge in [-0.2, -0.15) is 0 Å². The Morgan fingerprint density at radius 1 is 1.31 bits per heavy atom. The molecule has 0 amide bonds. The number of anilines is 1. The highest BCUT2D eigenvalue weighted by atomic mass is 35.5. The largest absolute Gasteiger partial charge is 0.371 e. The molecule has 1 unspecified atom stereocenters. The molecule has 1 atom stereocenters. The third-order valence-corrected chi connectivity index (χ3v) is 3.64. The van der Waals surface area contributed by atoms with Crippen LogP contribution in [0.1, 0.15) is 11.1 Å². The first-order chi connectivity index (χ1) is 7.81. The monoisotopic (exact) mass is 251 g/mol. The SMILES string of the molecule is Clc1ccc2c(c1)CC(Nc1cnns1)C2. The number of benzene rings is 1. The van der Waals surface area contributed by atoms with Crippen LogP contribution in [-0.4, -0.2) is 15.6 Å². The summed E-state index contributed by atoms with van der Waals surface area (Å²) in [5, 5.41) is 9.10. The highest BCUT2D eigenvalue weighted by Crippen LogP contribution is 2.27. The maximum absolute atomic E-state index is 5.98. The van der Waals surface area contributed by atoms with Crippen molar-refractivity contribution in [3.8, 4) is 0 Å². The average Bonchev–Trinajstić information content (AvgIpc) is 2.86. The van der Waals surface area contributed by atoms with Crippen molar-refractivity contribution in [2.75, 3.05) is 5.32 Å². The Morgan fingerprint density at radius 3 is 3.00 bits per heavy atom. The van der Waals surface area contributed by atoms with Gasteiger partial charge in [-0.25, -0.2) is 0 Å². The maximum atomic E-state index is 5.98. The van der Waals surface area contributed by atoms with Crippen LogP contribution in [0, 0.1) is 0 Å². The number of hydrogen-bond donors (Lipinski definition) is 1. The standard InChI is InChI=1S/C11H10ClN3S/c12-9-2-1-7-4-10(5-8(7)3-9)14-11-6-13-15-16-11/h1-3,6,10,14H,4-5H2. The Kier molecular flexibility index (Phi) is 2.53. The molecule has 3 nitrogen and oxygen atoms in total. The maximum Gasteiger partial charge on any atom is 0.130 e. The van der Waals surface area contributed by atoms with Crippen molar-refractivity contribution in [3.63, 3.8) is 0 Å².